The first-order valence-corrected chi connectivity index (χ1v) is 3.34. The van der Waals surface area contributed by atoms with Crippen LogP contribution in [0, 0.1) is 0 Å². The normalized spacial score (nSPS) is 13.8. The summed E-state index contributed by atoms with van der Waals surface area (Å²) in [7, 11) is 3.85. The molecule has 0 saturated heterocycles. The standard InChI is InChI=1S/C7H15NO/c1-4-5-7(6-9)8(2)3/h6-7H,4-5H2,1-3H3. The summed E-state index contributed by atoms with van der Waals surface area (Å²) in [5.41, 5.74) is 0. The molecule has 0 heterocycles. The fourth-order valence-electron chi connectivity index (χ4n) is 0.744. The molecule has 1 atom stereocenters. The van der Waals surface area contributed by atoms with Gasteiger partial charge in [-0.05, 0) is 20.5 Å². The summed E-state index contributed by atoms with van der Waals surface area (Å²) in [5.74, 6) is 0. The molecule has 0 aliphatic heterocycles. The number of nitrogens with zero attached hydrogens (tertiary/aromatic N) is 1. The van der Waals surface area contributed by atoms with E-state index in [0.717, 1.165) is 19.1 Å². The minimum atomic E-state index is 0.120. The van der Waals surface area contributed by atoms with Gasteiger partial charge in [0.05, 0.1) is 6.04 Å². The Balaban J connectivity index is 3.54. The van der Waals surface area contributed by atoms with Gasteiger partial charge >= 0.3 is 0 Å². The molecule has 9 heavy (non-hydrogen) atoms. The van der Waals surface area contributed by atoms with Crippen LogP contribution in [0.25, 0.3) is 0 Å². The van der Waals surface area contributed by atoms with Crippen LogP contribution in [-0.2, 0) is 4.79 Å². The van der Waals surface area contributed by atoms with Gasteiger partial charge in [0.2, 0.25) is 0 Å². The van der Waals surface area contributed by atoms with E-state index in [2.05, 4.69) is 6.92 Å². The lowest BCUT2D eigenvalue weighted by Crippen LogP contribution is -2.28. The summed E-state index contributed by atoms with van der Waals surface area (Å²) in [6.07, 6.45) is 3.04. The lowest BCUT2D eigenvalue weighted by Gasteiger charge is -2.16. The maximum absolute atomic E-state index is 10.3. The summed E-state index contributed by atoms with van der Waals surface area (Å²) in [4.78, 5) is 12.2. The van der Waals surface area contributed by atoms with Crippen LogP contribution < -0.4 is 0 Å². The second-order valence-corrected chi connectivity index (χ2v) is 2.46. The Morgan fingerprint density at radius 1 is 1.56 bits per heavy atom. The molecule has 54 valence electrons. The number of aldehydes is 1. The van der Waals surface area contributed by atoms with Gasteiger partial charge in [0.25, 0.3) is 0 Å². The number of hydrogen-bond donors (Lipinski definition) is 0. The van der Waals surface area contributed by atoms with Crippen LogP contribution in [0.1, 0.15) is 19.8 Å². The van der Waals surface area contributed by atoms with Crippen molar-refractivity contribution in [2.45, 2.75) is 25.8 Å². The van der Waals surface area contributed by atoms with Gasteiger partial charge in [-0.15, -0.1) is 0 Å². The Hall–Kier alpha value is -0.370. The summed E-state index contributed by atoms with van der Waals surface area (Å²) < 4.78 is 0. The Kier molecular flexibility index (Phi) is 4.32. The molecule has 0 saturated carbocycles. The van der Waals surface area contributed by atoms with E-state index in [9.17, 15) is 4.79 Å². The van der Waals surface area contributed by atoms with E-state index in [0.29, 0.717) is 0 Å². The van der Waals surface area contributed by atoms with Crippen molar-refractivity contribution in [2.75, 3.05) is 14.1 Å². The molecule has 0 radical (unpaired) electrons. The monoisotopic (exact) mass is 129 g/mol. The molecule has 2 nitrogen and oxygen atoms in total. The molecule has 0 aromatic heterocycles. The van der Waals surface area contributed by atoms with E-state index >= 15 is 0 Å². The molecule has 0 fully saturated rings. The molecule has 0 aliphatic carbocycles. The Labute approximate surface area is 56.9 Å². The molecule has 0 aromatic carbocycles. The number of carbonyl (C=O) groups excluding carboxylic acids is 1. The summed E-state index contributed by atoms with van der Waals surface area (Å²) in [6.45, 7) is 2.08. The van der Waals surface area contributed by atoms with Crippen molar-refractivity contribution in [3.8, 4) is 0 Å². The SMILES string of the molecule is CCCC(C=O)N(C)C. The van der Waals surface area contributed by atoms with E-state index in [1.54, 1.807) is 0 Å². The molecule has 0 rings (SSSR count). The average Bonchev–Trinajstić information content (AvgIpc) is 1.82. The first-order valence-electron chi connectivity index (χ1n) is 3.34. The van der Waals surface area contributed by atoms with Gasteiger partial charge in [-0.3, -0.25) is 0 Å². The Bertz CT molecular complexity index is 81.0. The Morgan fingerprint density at radius 2 is 2.11 bits per heavy atom. The second-order valence-electron chi connectivity index (χ2n) is 2.46. The first-order chi connectivity index (χ1) is 4.22. The quantitative estimate of drug-likeness (QED) is 0.526. The van der Waals surface area contributed by atoms with Crippen molar-refractivity contribution in [1.29, 1.82) is 0 Å². The van der Waals surface area contributed by atoms with Crippen molar-refractivity contribution >= 4 is 6.29 Å². The molecular formula is C7H15NO. The van der Waals surface area contributed by atoms with E-state index in [-0.39, 0.29) is 6.04 Å². The van der Waals surface area contributed by atoms with Crippen LogP contribution >= 0.6 is 0 Å². The van der Waals surface area contributed by atoms with Gasteiger partial charge in [-0.1, -0.05) is 13.3 Å². The average molecular weight is 129 g/mol. The third-order valence-electron chi connectivity index (χ3n) is 1.40. The largest absolute Gasteiger partial charge is 0.302 e. The number of hydrogen-bond acceptors (Lipinski definition) is 2. The lowest BCUT2D eigenvalue weighted by atomic mass is 10.2. The van der Waals surface area contributed by atoms with Crippen molar-refractivity contribution in [2.24, 2.45) is 0 Å². The first kappa shape index (κ1) is 8.63. The number of carbonyl (C=O) groups is 1. The van der Waals surface area contributed by atoms with Crippen LogP contribution in [0.3, 0.4) is 0 Å². The lowest BCUT2D eigenvalue weighted by molar-refractivity contribution is -0.111. The molecule has 2 heteroatoms. The van der Waals surface area contributed by atoms with E-state index < -0.39 is 0 Å². The highest BCUT2D eigenvalue weighted by atomic mass is 16.1. The van der Waals surface area contributed by atoms with E-state index in [1.807, 2.05) is 19.0 Å². The predicted molar refractivity (Wildman–Crippen MR) is 38.4 cm³/mol. The topological polar surface area (TPSA) is 20.3 Å². The highest BCUT2D eigenvalue weighted by molar-refractivity contribution is 5.57. The van der Waals surface area contributed by atoms with Crippen molar-refractivity contribution < 1.29 is 4.79 Å². The molecule has 0 amide bonds. The van der Waals surface area contributed by atoms with Gasteiger partial charge in [-0.2, -0.15) is 0 Å². The summed E-state index contributed by atoms with van der Waals surface area (Å²) in [5, 5.41) is 0. The van der Waals surface area contributed by atoms with Crippen LogP contribution in [-0.4, -0.2) is 31.3 Å². The zero-order valence-corrected chi connectivity index (χ0v) is 6.42. The van der Waals surface area contributed by atoms with E-state index in [1.165, 1.54) is 0 Å². The maximum Gasteiger partial charge on any atom is 0.137 e. The fourth-order valence-corrected chi connectivity index (χ4v) is 0.744. The summed E-state index contributed by atoms with van der Waals surface area (Å²) >= 11 is 0. The van der Waals surface area contributed by atoms with Crippen molar-refractivity contribution in [3.05, 3.63) is 0 Å². The predicted octanol–water partition coefficient (Wildman–Crippen LogP) is 0.916. The molecular weight excluding hydrogens is 114 g/mol. The number of likely N-dealkylation sites (N-methyl/N-ethyl adjacent to an activating group) is 1. The minimum Gasteiger partial charge on any atom is -0.302 e. The van der Waals surface area contributed by atoms with Gasteiger partial charge in [-0.25, -0.2) is 0 Å². The second kappa shape index (κ2) is 4.50. The van der Waals surface area contributed by atoms with Crippen LogP contribution in [0.2, 0.25) is 0 Å². The third-order valence-corrected chi connectivity index (χ3v) is 1.40. The van der Waals surface area contributed by atoms with E-state index in [4.69, 9.17) is 0 Å². The van der Waals surface area contributed by atoms with Crippen LogP contribution in [0.15, 0.2) is 0 Å². The molecule has 0 N–H and O–H groups in total. The Morgan fingerprint density at radius 3 is 2.22 bits per heavy atom. The summed E-state index contributed by atoms with van der Waals surface area (Å²) in [6, 6.07) is 0.120. The fraction of sp³-hybridized carbons (Fsp3) is 0.857. The van der Waals surface area contributed by atoms with Gasteiger partial charge in [0.1, 0.15) is 6.29 Å². The smallest absolute Gasteiger partial charge is 0.137 e. The third kappa shape index (κ3) is 3.25. The highest BCUT2D eigenvalue weighted by Gasteiger charge is 2.06. The molecule has 0 bridgehead atoms. The molecule has 1 unspecified atom stereocenters. The van der Waals surface area contributed by atoms with Gasteiger partial charge < -0.3 is 9.69 Å². The van der Waals surface area contributed by atoms with Crippen LogP contribution in [0.4, 0.5) is 0 Å². The molecule has 0 aliphatic rings. The number of rotatable bonds is 4. The minimum absolute atomic E-state index is 0.120. The molecule has 0 aromatic rings. The maximum atomic E-state index is 10.3. The van der Waals surface area contributed by atoms with Crippen molar-refractivity contribution in [1.82, 2.24) is 4.90 Å². The van der Waals surface area contributed by atoms with Gasteiger partial charge in [0.15, 0.2) is 0 Å². The molecule has 0 spiro atoms. The van der Waals surface area contributed by atoms with Crippen LogP contribution in [0.5, 0.6) is 0 Å². The zero-order valence-electron chi connectivity index (χ0n) is 6.42. The van der Waals surface area contributed by atoms with Gasteiger partial charge in [0, 0.05) is 0 Å². The highest BCUT2D eigenvalue weighted by Crippen LogP contribution is 1.98. The zero-order chi connectivity index (χ0) is 7.28. The van der Waals surface area contributed by atoms with Crippen molar-refractivity contribution in [3.63, 3.8) is 0 Å².